The Labute approximate surface area is 279 Å². The first-order valence-corrected chi connectivity index (χ1v) is 17.0. The fourth-order valence-electron chi connectivity index (χ4n) is 4.75. The van der Waals surface area contributed by atoms with E-state index >= 15 is 0 Å². The SMILES string of the molecule is CCCNC(=O)[C@H](Cc1ccccc1)N(Cc1ccc(Cl)cc1Cl)C(=O)CN(c1cccc(Cl)c1)S(=O)(=O)c1ccc(C)cc1. The molecule has 0 heterocycles. The van der Waals surface area contributed by atoms with Crippen molar-refractivity contribution in [3.8, 4) is 0 Å². The lowest BCUT2D eigenvalue weighted by atomic mass is 10.0. The molecule has 1 atom stereocenters. The summed E-state index contributed by atoms with van der Waals surface area (Å²) in [4.78, 5) is 29.6. The molecule has 0 aliphatic carbocycles. The van der Waals surface area contributed by atoms with Crippen LogP contribution in [0.1, 0.15) is 30.0 Å². The molecule has 7 nitrogen and oxygen atoms in total. The first kappa shape index (κ1) is 34.3. The molecule has 0 radical (unpaired) electrons. The third-order valence-corrected chi connectivity index (χ3v) is 9.77. The Hall–Kier alpha value is -3.56. The zero-order valence-electron chi connectivity index (χ0n) is 24.9. The van der Waals surface area contributed by atoms with Crippen LogP contribution in [0, 0.1) is 6.92 Å². The van der Waals surface area contributed by atoms with Crippen LogP contribution < -0.4 is 9.62 Å². The van der Waals surface area contributed by atoms with Gasteiger partial charge in [0.1, 0.15) is 12.6 Å². The molecule has 45 heavy (non-hydrogen) atoms. The van der Waals surface area contributed by atoms with E-state index in [0.717, 1.165) is 15.4 Å². The fourth-order valence-corrected chi connectivity index (χ4v) is 6.81. The minimum Gasteiger partial charge on any atom is -0.354 e. The van der Waals surface area contributed by atoms with Crippen molar-refractivity contribution in [1.29, 1.82) is 0 Å². The van der Waals surface area contributed by atoms with Crippen molar-refractivity contribution in [3.63, 3.8) is 0 Å². The Kier molecular flexibility index (Phi) is 11.9. The minimum absolute atomic E-state index is 0.00898. The molecule has 0 spiro atoms. The number of sulfonamides is 1. The highest BCUT2D eigenvalue weighted by atomic mass is 35.5. The summed E-state index contributed by atoms with van der Waals surface area (Å²) in [6.45, 7) is 3.52. The number of amides is 2. The van der Waals surface area contributed by atoms with Gasteiger partial charge in [-0.2, -0.15) is 0 Å². The van der Waals surface area contributed by atoms with Gasteiger partial charge in [-0.25, -0.2) is 8.42 Å². The summed E-state index contributed by atoms with van der Waals surface area (Å²) >= 11 is 19.0. The molecule has 4 rings (SSSR count). The Bertz CT molecular complexity index is 1740. The molecule has 2 amide bonds. The normalized spacial score (nSPS) is 11.9. The molecule has 0 saturated heterocycles. The third kappa shape index (κ3) is 9.01. The van der Waals surface area contributed by atoms with E-state index in [1.807, 2.05) is 44.2 Å². The first-order valence-electron chi connectivity index (χ1n) is 14.4. The van der Waals surface area contributed by atoms with Gasteiger partial charge in [-0.1, -0.05) is 102 Å². The zero-order valence-corrected chi connectivity index (χ0v) is 28.0. The number of hydrogen-bond acceptors (Lipinski definition) is 4. The number of carbonyl (C=O) groups excluding carboxylic acids is 2. The van der Waals surface area contributed by atoms with Crippen LogP contribution in [0.2, 0.25) is 15.1 Å². The van der Waals surface area contributed by atoms with Crippen molar-refractivity contribution in [2.75, 3.05) is 17.4 Å². The average Bonchev–Trinajstić information content (AvgIpc) is 3.01. The van der Waals surface area contributed by atoms with Gasteiger partial charge in [0.05, 0.1) is 10.6 Å². The Morgan fingerprint density at radius 1 is 0.844 bits per heavy atom. The number of hydrogen-bond donors (Lipinski definition) is 1. The Balaban J connectivity index is 1.82. The molecule has 1 N–H and O–H groups in total. The van der Waals surface area contributed by atoms with Gasteiger partial charge in [0, 0.05) is 34.6 Å². The molecule has 0 aliphatic heterocycles. The van der Waals surface area contributed by atoms with Crippen LogP contribution >= 0.6 is 34.8 Å². The molecule has 0 unspecified atom stereocenters. The number of benzene rings is 4. The minimum atomic E-state index is -4.24. The monoisotopic (exact) mass is 685 g/mol. The van der Waals surface area contributed by atoms with Gasteiger partial charge >= 0.3 is 0 Å². The largest absolute Gasteiger partial charge is 0.354 e. The molecule has 0 bridgehead atoms. The molecule has 4 aromatic carbocycles. The van der Waals surface area contributed by atoms with E-state index in [4.69, 9.17) is 34.8 Å². The van der Waals surface area contributed by atoms with Crippen LogP contribution in [-0.2, 0) is 32.6 Å². The predicted molar refractivity (Wildman–Crippen MR) is 181 cm³/mol. The van der Waals surface area contributed by atoms with Crippen LogP contribution in [0.15, 0.2) is 102 Å². The van der Waals surface area contributed by atoms with Crippen molar-refractivity contribution in [1.82, 2.24) is 10.2 Å². The number of nitrogens with one attached hydrogen (secondary N) is 1. The van der Waals surface area contributed by atoms with Crippen LogP contribution in [-0.4, -0.2) is 44.3 Å². The van der Waals surface area contributed by atoms with E-state index in [2.05, 4.69) is 5.32 Å². The molecule has 0 aromatic heterocycles. The second-order valence-corrected chi connectivity index (χ2v) is 13.7. The number of aryl methyl sites for hydroxylation is 1. The Morgan fingerprint density at radius 3 is 2.18 bits per heavy atom. The van der Waals surface area contributed by atoms with Gasteiger partial charge in [0.2, 0.25) is 11.8 Å². The summed E-state index contributed by atoms with van der Waals surface area (Å²) in [5.41, 5.74) is 2.46. The number of anilines is 1. The maximum atomic E-state index is 14.5. The topological polar surface area (TPSA) is 86.8 Å². The van der Waals surface area contributed by atoms with Gasteiger partial charge in [-0.05, 0) is 66.9 Å². The quantitative estimate of drug-likeness (QED) is 0.160. The molecule has 0 fully saturated rings. The maximum absolute atomic E-state index is 14.5. The average molecular weight is 687 g/mol. The van der Waals surface area contributed by atoms with Crippen molar-refractivity contribution >= 4 is 62.3 Å². The summed E-state index contributed by atoms with van der Waals surface area (Å²) in [6, 6.07) is 25.9. The number of nitrogens with zero attached hydrogens (tertiary/aromatic N) is 2. The van der Waals surface area contributed by atoms with Crippen LogP contribution in [0.3, 0.4) is 0 Å². The van der Waals surface area contributed by atoms with Gasteiger partial charge in [-0.15, -0.1) is 0 Å². The third-order valence-electron chi connectivity index (χ3n) is 7.16. The van der Waals surface area contributed by atoms with Crippen molar-refractivity contribution in [2.24, 2.45) is 0 Å². The van der Waals surface area contributed by atoms with Gasteiger partial charge in [-0.3, -0.25) is 13.9 Å². The molecule has 236 valence electrons. The van der Waals surface area contributed by atoms with E-state index in [1.165, 1.54) is 23.1 Å². The van der Waals surface area contributed by atoms with E-state index in [0.29, 0.717) is 33.6 Å². The molecule has 0 saturated carbocycles. The second-order valence-electron chi connectivity index (χ2n) is 10.6. The van der Waals surface area contributed by atoms with Crippen LogP contribution in [0.4, 0.5) is 5.69 Å². The highest BCUT2D eigenvalue weighted by Crippen LogP contribution is 2.28. The van der Waals surface area contributed by atoms with Crippen molar-refractivity contribution < 1.29 is 18.0 Å². The van der Waals surface area contributed by atoms with E-state index < -0.39 is 28.5 Å². The molecule has 0 aliphatic rings. The number of halogens is 3. The van der Waals surface area contributed by atoms with Crippen LogP contribution in [0.5, 0.6) is 0 Å². The molecule has 11 heteroatoms. The van der Waals surface area contributed by atoms with Crippen molar-refractivity contribution in [3.05, 3.63) is 129 Å². The van der Waals surface area contributed by atoms with Crippen LogP contribution in [0.25, 0.3) is 0 Å². The zero-order chi connectivity index (χ0) is 32.6. The predicted octanol–water partition coefficient (Wildman–Crippen LogP) is 7.32. The van der Waals surface area contributed by atoms with E-state index in [-0.39, 0.29) is 29.5 Å². The lowest BCUT2D eigenvalue weighted by Crippen LogP contribution is -2.53. The Morgan fingerprint density at radius 2 is 1.53 bits per heavy atom. The lowest BCUT2D eigenvalue weighted by molar-refractivity contribution is -0.140. The second kappa shape index (κ2) is 15.6. The van der Waals surface area contributed by atoms with E-state index in [9.17, 15) is 18.0 Å². The van der Waals surface area contributed by atoms with Crippen molar-refractivity contribution in [2.45, 2.75) is 44.2 Å². The highest BCUT2D eigenvalue weighted by Gasteiger charge is 2.35. The fraction of sp³-hybridized carbons (Fsp3) is 0.235. The summed E-state index contributed by atoms with van der Waals surface area (Å²) in [7, 11) is -4.24. The standard InChI is InChI=1S/C34H34Cl3N3O4S/c1-3-18-38-34(42)32(19-25-8-5-4-6-9-25)39(22-26-14-15-28(36)21-31(26)37)33(41)23-40(29-11-7-10-27(35)20-29)45(43,44)30-16-12-24(2)13-17-30/h4-17,20-21,32H,3,18-19,22-23H2,1-2H3,(H,38,42)/t32-/m0/s1. The van der Waals surface area contributed by atoms with Gasteiger partial charge in [0.25, 0.3) is 10.0 Å². The summed E-state index contributed by atoms with van der Waals surface area (Å²) < 4.78 is 29.2. The van der Waals surface area contributed by atoms with E-state index in [1.54, 1.807) is 48.5 Å². The first-order chi connectivity index (χ1) is 21.5. The smallest absolute Gasteiger partial charge is 0.264 e. The lowest BCUT2D eigenvalue weighted by Gasteiger charge is -2.34. The number of carbonyl (C=O) groups is 2. The highest BCUT2D eigenvalue weighted by molar-refractivity contribution is 7.92. The maximum Gasteiger partial charge on any atom is 0.264 e. The van der Waals surface area contributed by atoms with Gasteiger partial charge in [0.15, 0.2) is 0 Å². The summed E-state index contributed by atoms with van der Waals surface area (Å²) in [5.74, 6) is -0.973. The molecular formula is C34H34Cl3N3O4S. The summed E-state index contributed by atoms with van der Waals surface area (Å²) in [5, 5.41) is 3.94. The van der Waals surface area contributed by atoms with Gasteiger partial charge < -0.3 is 10.2 Å². The molecular weight excluding hydrogens is 653 g/mol. The number of rotatable bonds is 13. The molecule has 4 aromatic rings. The summed E-state index contributed by atoms with van der Waals surface area (Å²) in [6.07, 6.45) is 0.882.